The summed E-state index contributed by atoms with van der Waals surface area (Å²) in [7, 11) is 1.84. The Balaban J connectivity index is 2.89. The van der Waals surface area contributed by atoms with Gasteiger partial charge in [0, 0.05) is 28.8 Å². The molecule has 0 saturated carbocycles. The fraction of sp³-hybridized carbons (Fsp3) is 0.500. The molecule has 1 aromatic rings. The van der Waals surface area contributed by atoms with Gasteiger partial charge >= 0.3 is 0 Å². The number of aliphatic hydroxyl groups is 1. The normalized spacial score (nSPS) is 12.4. The van der Waals surface area contributed by atoms with E-state index in [2.05, 4.69) is 21.2 Å². The molecular weight excluding hydrogens is 308 g/mol. The fourth-order valence-electron chi connectivity index (χ4n) is 1.87. The first-order valence-electron chi connectivity index (χ1n) is 6.29. The second kappa shape index (κ2) is 6.91. The number of likely N-dealkylation sites (N-methyl/N-ethyl adjacent to an activating group) is 1. The highest BCUT2D eigenvalue weighted by atomic mass is 79.9. The van der Waals surface area contributed by atoms with Crippen LogP contribution in [0.1, 0.15) is 32.4 Å². The maximum absolute atomic E-state index is 11.8. The van der Waals surface area contributed by atoms with Crippen molar-refractivity contribution in [1.29, 1.82) is 0 Å². The zero-order chi connectivity index (χ0) is 14.6. The summed E-state index contributed by atoms with van der Waals surface area (Å²) in [5.41, 5.74) is 1.66. The van der Waals surface area contributed by atoms with Gasteiger partial charge < -0.3 is 15.3 Å². The van der Waals surface area contributed by atoms with E-state index in [1.54, 1.807) is 6.92 Å². The molecule has 106 valence electrons. The molecule has 0 aliphatic heterocycles. The van der Waals surface area contributed by atoms with Gasteiger partial charge in [0.1, 0.15) is 0 Å². The molecule has 19 heavy (non-hydrogen) atoms. The summed E-state index contributed by atoms with van der Waals surface area (Å²) in [5.74, 6) is -0.0333. The van der Waals surface area contributed by atoms with Gasteiger partial charge in [0.25, 0.3) is 0 Å². The van der Waals surface area contributed by atoms with Crippen LogP contribution in [0.25, 0.3) is 0 Å². The molecule has 0 spiro atoms. The van der Waals surface area contributed by atoms with Crippen molar-refractivity contribution in [2.24, 2.45) is 0 Å². The van der Waals surface area contributed by atoms with Gasteiger partial charge in [0.15, 0.2) is 0 Å². The van der Waals surface area contributed by atoms with E-state index in [0.717, 1.165) is 15.7 Å². The number of carbonyl (C=O) groups is 1. The molecule has 1 amide bonds. The Morgan fingerprint density at radius 3 is 2.58 bits per heavy atom. The lowest BCUT2D eigenvalue weighted by Crippen LogP contribution is -2.38. The van der Waals surface area contributed by atoms with Crippen molar-refractivity contribution in [2.45, 2.75) is 32.9 Å². The number of hydrogen-bond donors (Lipinski definition) is 2. The highest BCUT2D eigenvalue weighted by Gasteiger charge is 2.15. The summed E-state index contributed by atoms with van der Waals surface area (Å²) in [4.78, 5) is 13.6. The molecule has 4 nitrogen and oxygen atoms in total. The van der Waals surface area contributed by atoms with Crippen molar-refractivity contribution in [3.8, 4) is 0 Å². The Morgan fingerprint density at radius 1 is 1.42 bits per heavy atom. The molecule has 1 atom stereocenters. The van der Waals surface area contributed by atoms with E-state index < -0.39 is 6.10 Å². The Morgan fingerprint density at radius 2 is 2.05 bits per heavy atom. The first-order chi connectivity index (χ1) is 8.81. The summed E-state index contributed by atoms with van der Waals surface area (Å²) in [5, 5.41) is 12.6. The molecular formula is C14H21BrN2O2. The molecule has 1 unspecified atom stereocenters. The van der Waals surface area contributed by atoms with Crippen LogP contribution in [0, 0.1) is 0 Å². The molecule has 1 rings (SSSR count). The largest absolute Gasteiger partial charge is 0.389 e. The molecule has 2 N–H and O–H groups in total. The minimum Gasteiger partial charge on any atom is -0.389 e. The quantitative estimate of drug-likeness (QED) is 0.873. The van der Waals surface area contributed by atoms with Crippen LogP contribution < -0.4 is 10.2 Å². The van der Waals surface area contributed by atoms with E-state index in [-0.39, 0.29) is 18.5 Å². The van der Waals surface area contributed by atoms with Crippen molar-refractivity contribution in [1.82, 2.24) is 5.32 Å². The zero-order valence-electron chi connectivity index (χ0n) is 11.8. The summed E-state index contributed by atoms with van der Waals surface area (Å²) in [6, 6.07) is 5.78. The third-order valence-corrected chi connectivity index (χ3v) is 3.18. The van der Waals surface area contributed by atoms with Gasteiger partial charge in [-0.1, -0.05) is 22.0 Å². The number of amides is 1. The van der Waals surface area contributed by atoms with E-state index in [1.165, 1.54) is 0 Å². The molecule has 0 radical (unpaired) electrons. The van der Waals surface area contributed by atoms with Gasteiger partial charge in [-0.15, -0.1) is 0 Å². The lowest BCUT2D eigenvalue weighted by Gasteiger charge is -2.24. The topological polar surface area (TPSA) is 52.6 Å². The lowest BCUT2D eigenvalue weighted by molar-refractivity contribution is -0.120. The van der Waals surface area contributed by atoms with Gasteiger partial charge in [-0.3, -0.25) is 4.79 Å². The Bertz CT molecular complexity index is 447. The van der Waals surface area contributed by atoms with Crippen LogP contribution in [0.15, 0.2) is 22.7 Å². The van der Waals surface area contributed by atoms with E-state index in [9.17, 15) is 9.90 Å². The number of hydrogen-bond acceptors (Lipinski definition) is 3. The van der Waals surface area contributed by atoms with Crippen molar-refractivity contribution in [2.75, 3.05) is 18.5 Å². The maximum atomic E-state index is 11.8. The maximum Gasteiger partial charge on any atom is 0.239 e. The number of halogens is 1. The number of rotatable bonds is 5. The Hall–Kier alpha value is -1.07. The number of carbonyl (C=O) groups excluding carboxylic acids is 1. The van der Waals surface area contributed by atoms with Crippen LogP contribution in [0.2, 0.25) is 0 Å². The second-order valence-electron chi connectivity index (χ2n) is 4.96. The van der Waals surface area contributed by atoms with Crippen LogP contribution >= 0.6 is 15.9 Å². The Kier molecular flexibility index (Phi) is 5.82. The number of nitrogens with zero attached hydrogens (tertiary/aromatic N) is 1. The van der Waals surface area contributed by atoms with Crippen molar-refractivity contribution < 1.29 is 9.90 Å². The van der Waals surface area contributed by atoms with Gasteiger partial charge in [-0.25, -0.2) is 0 Å². The minimum atomic E-state index is -0.571. The Labute approximate surface area is 122 Å². The average molecular weight is 329 g/mol. The highest BCUT2D eigenvalue weighted by Crippen LogP contribution is 2.28. The predicted octanol–water partition coefficient (Wildman–Crippen LogP) is 2.46. The van der Waals surface area contributed by atoms with Gasteiger partial charge in [0.2, 0.25) is 5.91 Å². The van der Waals surface area contributed by atoms with Gasteiger partial charge in [-0.2, -0.15) is 0 Å². The number of anilines is 1. The monoisotopic (exact) mass is 328 g/mol. The van der Waals surface area contributed by atoms with Crippen molar-refractivity contribution in [3.63, 3.8) is 0 Å². The SMILES string of the molecule is CC(C)NC(=O)CN(C)c1cc(Br)ccc1C(C)O. The summed E-state index contributed by atoms with van der Waals surface area (Å²) in [6.45, 7) is 5.83. The van der Waals surface area contributed by atoms with Crippen molar-refractivity contribution in [3.05, 3.63) is 28.2 Å². The van der Waals surface area contributed by atoms with Gasteiger partial charge in [-0.05, 0) is 32.9 Å². The van der Waals surface area contributed by atoms with Gasteiger partial charge in [0.05, 0.1) is 12.6 Å². The number of aliphatic hydroxyl groups excluding tert-OH is 1. The van der Waals surface area contributed by atoms with Crippen LogP contribution in [-0.4, -0.2) is 30.6 Å². The minimum absolute atomic E-state index is 0.0333. The van der Waals surface area contributed by atoms with E-state index in [4.69, 9.17) is 0 Å². The van der Waals surface area contributed by atoms with Crippen LogP contribution in [0.5, 0.6) is 0 Å². The molecule has 0 heterocycles. The summed E-state index contributed by atoms with van der Waals surface area (Å²) in [6.07, 6.45) is -0.571. The number of benzene rings is 1. The molecule has 5 heteroatoms. The molecule has 0 bridgehead atoms. The van der Waals surface area contributed by atoms with Crippen LogP contribution in [0.3, 0.4) is 0 Å². The summed E-state index contributed by atoms with van der Waals surface area (Å²) < 4.78 is 0.919. The molecule has 1 aromatic carbocycles. The summed E-state index contributed by atoms with van der Waals surface area (Å²) >= 11 is 3.41. The third kappa shape index (κ3) is 4.84. The molecule has 0 aromatic heterocycles. The fourth-order valence-corrected chi connectivity index (χ4v) is 2.22. The number of nitrogens with one attached hydrogen (secondary N) is 1. The smallest absolute Gasteiger partial charge is 0.239 e. The second-order valence-corrected chi connectivity index (χ2v) is 5.87. The first-order valence-corrected chi connectivity index (χ1v) is 7.08. The molecule has 0 fully saturated rings. The molecule has 0 aliphatic carbocycles. The molecule has 0 saturated heterocycles. The van der Waals surface area contributed by atoms with Crippen LogP contribution in [-0.2, 0) is 4.79 Å². The highest BCUT2D eigenvalue weighted by molar-refractivity contribution is 9.10. The van der Waals surface area contributed by atoms with E-state index in [0.29, 0.717) is 0 Å². The van der Waals surface area contributed by atoms with Crippen LogP contribution in [0.4, 0.5) is 5.69 Å². The van der Waals surface area contributed by atoms with E-state index in [1.807, 2.05) is 44.0 Å². The third-order valence-electron chi connectivity index (χ3n) is 2.68. The van der Waals surface area contributed by atoms with Crippen molar-refractivity contribution >= 4 is 27.5 Å². The van der Waals surface area contributed by atoms with E-state index >= 15 is 0 Å². The first kappa shape index (κ1) is 16.0. The zero-order valence-corrected chi connectivity index (χ0v) is 13.4. The predicted molar refractivity (Wildman–Crippen MR) is 81.3 cm³/mol. The lowest BCUT2D eigenvalue weighted by atomic mass is 10.1. The average Bonchev–Trinajstić information content (AvgIpc) is 2.26. The molecule has 0 aliphatic rings. The standard InChI is InChI=1S/C14H21BrN2O2/c1-9(2)16-14(19)8-17(4)13-7-11(15)5-6-12(13)10(3)18/h5-7,9-10,18H,8H2,1-4H3,(H,16,19).